The van der Waals surface area contributed by atoms with Gasteiger partial charge < -0.3 is 9.80 Å². The van der Waals surface area contributed by atoms with Gasteiger partial charge in [-0.1, -0.05) is 135 Å². The maximum atomic E-state index is 2.47. The van der Waals surface area contributed by atoms with E-state index in [1.165, 1.54) is 80.9 Å². The molecule has 50 heavy (non-hydrogen) atoms. The third-order valence-corrected chi connectivity index (χ3v) is 9.93. The molecular weight excluding hydrogens is 605 g/mol. The molecule has 0 atom stereocenters. The van der Waals surface area contributed by atoms with Crippen molar-refractivity contribution in [2.24, 2.45) is 0 Å². The lowest BCUT2D eigenvalue weighted by atomic mass is 9.95. The van der Waals surface area contributed by atoms with E-state index in [9.17, 15) is 0 Å². The van der Waals surface area contributed by atoms with E-state index in [0.717, 1.165) is 35.6 Å². The van der Waals surface area contributed by atoms with Crippen LogP contribution in [-0.4, -0.2) is 0 Å². The molecule has 0 saturated carbocycles. The van der Waals surface area contributed by atoms with Crippen molar-refractivity contribution < 1.29 is 0 Å². The number of rotatable bonds is 12. The number of unbranched alkanes of at least 4 members (excludes halogenated alkanes) is 2. The molecule has 0 radical (unpaired) electrons. The molecule has 0 fully saturated rings. The van der Waals surface area contributed by atoms with Crippen LogP contribution in [0.1, 0.15) is 61.8 Å². The van der Waals surface area contributed by atoms with Crippen molar-refractivity contribution in [3.05, 3.63) is 168 Å². The zero-order valence-corrected chi connectivity index (χ0v) is 30.0. The Labute approximate surface area is 298 Å². The molecule has 0 saturated heterocycles. The smallest absolute Gasteiger partial charge is 0.0619 e. The molecule has 250 valence electrons. The summed E-state index contributed by atoms with van der Waals surface area (Å²) in [6.45, 7) is 8.84. The normalized spacial score (nSPS) is 11.3. The number of aryl methyl sites for hydroxylation is 4. The quantitative estimate of drug-likeness (QED) is 0.0957. The Balaban J connectivity index is 1.51. The van der Waals surface area contributed by atoms with E-state index >= 15 is 0 Å². The Morgan fingerprint density at radius 3 is 0.920 bits per heavy atom. The van der Waals surface area contributed by atoms with E-state index in [1.807, 2.05) is 0 Å². The Morgan fingerprint density at radius 2 is 0.640 bits per heavy atom. The predicted octanol–water partition coefficient (Wildman–Crippen LogP) is 14.2. The van der Waals surface area contributed by atoms with E-state index < -0.39 is 0 Å². The summed E-state index contributed by atoms with van der Waals surface area (Å²) in [5.41, 5.74) is 12.3. The molecular formula is C48H48N2. The van der Waals surface area contributed by atoms with E-state index in [4.69, 9.17) is 0 Å². The summed E-state index contributed by atoms with van der Waals surface area (Å²) in [7, 11) is 0. The monoisotopic (exact) mass is 652 g/mol. The van der Waals surface area contributed by atoms with Gasteiger partial charge in [-0.3, -0.25) is 0 Å². The molecule has 0 unspecified atom stereocenters. The van der Waals surface area contributed by atoms with Gasteiger partial charge in [-0.15, -0.1) is 0 Å². The van der Waals surface area contributed by atoms with Gasteiger partial charge in [-0.25, -0.2) is 0 Å². The molecule has 0 aliphatic carbocycles. The van der Waals surface area contributed by atoms with Crippen molar-refractivity contribution in [2.45, 2.75) is 66.2 Å². The maximum absolute atomic E-state index is 2.47. The fourth-order valence-electron chi connectivity index (χ4n) is 7.15. The van der Waals surface area contributed by atoms with E-state index in [0.29, 0.717) is 0 Å². The average molecular weight is 653 g/mol. The molecule has 0 aliphatic rings. The number of benzene rings is 7. The average Bonchev–Trinajstić information content (AvgIpc) is 3.16. The minimum atomic E-state index is 1.11. The summed E-state index contributed by atoms with van der Waals surface area (Å²) in [5.74, 6) is 0. The van der Waals surface area contributed by atoms with Crippen LogP contribution in [0.4, 0.5) is 34.1 Å². The van der Waals surface area contributed by atoms with Crippen LogP contribution in [0.25, 0.3) is 21.5 Å². The van der Waals surface area contributed by atoms with Gasteiger partial charge in [0.05, 0.1) is 11.4 Å². The molecule has 7 rings (SSSR count). The zero-order chi connectivity index (χ0) is 34.5. The third kappa shape index (κ3) is 6.76. The van der Waals surface area contributed by atoms with Gasteiger partial charge in [-0.2, -0.15) is 0 Å². The first kappa shape index (κ1) is 33.2. The van der Waals surface area contributed by atoms with Crippen LogP contribution < -0.4 is 9.80 Å². The van der Waals surface area contributed by atoms with Crippen LogP contribution >= 0.6 is 0 Å². The molecule has 0 bridgehead atoms. The number of hydrogen-bond donors (Lipinski definition) is 0. The lowest BCUT2D eigenvalue weighted by Gasteiger charge is -2.33. The summed E-state index contributed by atoms with van der Waals surface area (Å²) in [5, 5.41) is 4.86. The zero-order valence-electron chi connectivity index (χ0n) is 30.0. The highest BCUT2D eigenvalue weighted by Gasteiger charge is 2.25. The first-order chi connectivity index (χ1) is 24.6. The van der Waals surface area contributed by atoms with Crippen LogP contribution in [0.3, 0.4) is 0 Å². The molecule has 0 amide bonds. The van der Waals surface area contributed by atoms with Gasteiger partial charge in [0, 0.05) is 44.3 Å². The summed E-state index contributed by atoms with van der Waals surface area (Å²) in [6.07, 6.45) is 7.02. The molecule has 2 heteroatoms. The first-order valence-corrected chi connectivity index (χ1v) is 18.4. The summed E-state index contributed by atoms with van der Waals surface area (Å²) < 4.78 is 0. The Hall–Kier alpha value is -5.34. The second-order valence-corrected chi connectivity index (χ2v) is 13.7. The molecule has 0 heterocycles. The summed E-state index contributed by atoms with van der Waals surface area (Å²) in [6, 6.07) is 54.4. The minimum absolute atomic E-state index is 1.11. The topological polar surface area (TPSA) is 6.48 Å². The Morgan fingerprint density at radius 1 is 0.360 bits per heavy atom. The maximum Gasteiger partial charge on any atom is 0.0619 e. The van der Waals surface area contributed by atoms with E-state index in [1.54, 1.807) is 0 Å². The summed E-state index contributed by atoms with van der Waals surface area (Å²) >= 11 is 0. The van der Waals surface area contributed by atoms with Gasteiger partial charge in [0.2, 0.25) is 0 Å². The second kappa shape index (κ2) is 15.0. The van der Waals surface area contributed by atoms with Crippen LogP contribution in [0, 0.1) is 13.8 Å². The molecule has 7 aromatic rings. The number of fused-ring (bicyclic) bond motifs is 2. The van der Waals surface area contributed by atoms with Gasteiger partial charge in [0.1, 0.15) is 0 Å². The molecule has 2 nitrogen and oxygen atoms in total. The van der Waals surface area contributed by atoms with Gasteiger partial charge in [0.25, 0.3) is 0 Å². The second-order valence-electron chi connectivity index (χ2n) is 13.7. The first-order valence-electron chi connectivity index (χ1n) is 18.4. The molecule has 0 N–H and O–H groups in total. The van der Waals surface area contributed by atoms with Crippen molar-refractivity contribution in [1.82, 2.24) is 0 Å². The number of nitrogens with zero attached hydrogens (tertiary/aromatic N) is 2. The fourth-order valence-corrected chi connectivity index (χ4v) is 7.15. The lowest BCUT2D eigenvalue weighted by molar-refractivity contribution is 0.795. The van der Waals surface area contributed by atoms with Crippen LogP contribution in [0.5, 0.6) is 0 Å². The van der Waals surface area contributed by atoms with Crippen LogP contribution in [-0.2, 0) is 12.8 Å². The third-order valence-electron chi connectivity index (χ3n) is 9.93. The van der Waals surface area contributed by atoms with E-state index in [-0.39, 0.29) is 0 Å². The minimum Gasteiger partial charge on any atom is -0.309 e. The molecule has 7 aromatic carbocycles. The molecule has 0 aliphatic heterocycles. The Bertz CT molecular complexity index is 1960. The highest BCUT2D eigenvalue weighted by atomic mass is 15.2. The fraction of sp³-hybridized carbons (Fsp3) is 0.208. The number of anilines is 6. The van der Waals surface area contributed by atoms with Crippen molar-refractivity contribution in [2.75, 3.05) is 9.80 Å². The molecule has 0 spiro atoms. The highest BCUT2D eigenvalue weighted by Crippen LogP contribution is 2.51. The van der Waals surface area contributed by atoms with Gasteiger partial charge >= 0.3 is 0 Å². The SMILES string of the molecule is CCCCc1ccc(N(c2ccc(C)cc2)c2c3ccccc3c(N(c3ccc(C)cc3)c3ccc(CCCC)cc3)c3ccccc23)cc1. The predicted molar refractivity (Wildman–Crippen MR) is 218 cm³/mol. The van der Waals surface area contributed by atoms with Crippen molar-refractivity contribution >= 4 is 55.7 Å². The summed E-state index contributed by atoms with van der Waals surface area (Å²) in [4.78, 5) is 4.94. The molecule has 0 aromatic heterocycles. The van der Waals surface area contributed by atoms with Gasteiger partial charge in [0.15, 0.2) is 0 Å². The Kier molecular flexibility index (Phi) is 9.98. The van der Waals surface area contributed by atoms with E-state index in [2.05, 4.69) is 183 Å². The van der Waals surface area contributed by atoms with Crippen LogP contribution in [0.2, 0.25) is 0 Å². The van der Waals surface area contributed by atoms with Crippen molar-refractivity contribution in [3.8, 4) is 0 Å². The van der Waals surface area contributed by atoms with Crippen molar-refractivity contribution in [3.63, 3.8) is 0 Å². The largest absolute Gasteiger partial charge is 0.309 e. The number of hydrogen-bond acceptors (Lipinski definition) is 2. The van der Waals surface area contributed by atoms with Gasteiger partial charge in [-0.05, 0) is 99.2 Å². The lowest BCUT2D eigenvalue weighted by Crippen LogP contribution is -2.14. The van der Waals surface area contributed by atoms with Crippen molar-refractivity contribution in [1.29, 1.82) is 0 Å². The standard InChI is InChI=1S/C48H48N2/c1-5-7-13-37-23-31-41(32-24-37)49(39-27-19-35(3)20-28-39)47-43-15-9-11-17-45(43)48(46-18-12-10-16-44(46)47)50(40-29-21-36(4)22-30-40)42-33-25-38(26-34-42)14-8-6-2/h9-12,15-34H,5-8,13-14H2,1-4H3. The van der Waals surface area contributed by atoms with Crippen LogP contribution in [0.15, 0.2) is 146 Å². The highest BCUT2D eigenvalue weighted by molar-refractivity contribution is 6.23.